The predicted octanol–water partition coefficient (Wildman–Crippen LogP) is 2.22. The van der Waals surface area contributed by atoms with Gasteiger partial charge < -0.3 is 20.3 Å². The molecule has 1 aromatic heterocycles. The van der Waals surface area contributed by atoms with Crippen LogP contribution in [0.15, 0.2) is 67.0 Å². The Balaban J connectivity index is 1.25. The summed E-state index contributed by atoms with van der Waals surface area (Å²) in [6, 6.07) is 16.6. The van der Waals surface area contributed by atoms with Crippen LogP contribution in [0.5, 0.6) is 5.75 Å². The third-order valence-electron chi connectivity index (χ3n) is 5.88. The number of nitrogens with one attached hydrogen (secondary N) is 2. The minimum absolute atomic E-state index is 0.145. The molecule has 2 amide bonds. The van der Waals surface area contributed by atoms with Crippen molar-refractivity contribution in [2.45, 2.75) is 6.42 Å². The van der Waals surface area contributed by atoms with E-state index in [4.69, 9.17) is 4.74 Å². The number of ether oxygens (including phenoxy) is 1. The van der Waals surface area contributed by atoms with Crippen LogP contribution in [0.3, 0.4) is 0 Å². The number of carbonyl (C=O) groups is 2. The smallest absolute Gasteiger partial charge is 0.253 e. The van der Waals surface area contributed by atoms with E-state index in [-0.39, 0.29) is 18.4 Å². The van der Waals surface area contributed by atoms with E-state index in [1.807, 2.05) is 30.3 Å². The Morgan fingerprint density at radius 1 is 0.943 bits per heavy atom. The van der Waals surface area contributed by atoms with Crippen LogP contribution in [-0.4, -0.2) is 73.1 Å². The van der Waals surface area contributed by atoms with Gasteiger partial charge >= 0.3 is 0 Å². The summed E-state index contributed by atoms with van der Waals surface area (Å²) >= 11 is 0. The Morgan fingerprint density at radius 3 is 2.37 bits per heavy atom. The highest BCUT2D eigenvalue weighted by Crippen LogP contribution is 2.16. The molecule has 9 nitrogen and oxygen atoms in total. The average molecular weight is 475 g/mol. The topological polar surface area (TPSA) is 99.7 Å². The van der Waals surface area contributed by atoms with Crippen LogP contribution in [0.2, 0.25) is 0 Å². The molecule has 2 heterocycles. The number of hydrogen-bond acceptors (Lipinski definition) is 7. The molecule has 1 aliphatic rings. The molecular weight excluding hydrogens is 444 g/mol. The first-order valence-electron chi connectivity index (χ1n) is 11.7. The molecule has 35 heavy (non-hydrogen) atoms. The predicted molar refractivity (Wildman–Crippen MR) is 135 cm³/mol. The molecule has 0 bridgehead atoms. The maximum Gasteiger partial charge on any atom is 0.253 e. The number of aromatic nitrogens is 2. The van der Waals surface area contributed by atoms with Gasteiger partial charge in [-0.3, -0.25) is 14.5 Å². The third-order valence-corrected chi connectivity index (χ3v) is 5.88. The maximum atomic E-state index is 12.8. The lowest BCUT2D eigenvalue weighted by atomic mass is 10.1. The largest absolute Gasteiger partial charge is 0.497 e. The van der Waals surface area contributed by atoms with Crippen LogP contribution in [0.1, 0.15) is 15.9 Å². The third kappa shape index (κ3) is 6.77. The summed E-state index contributed by atoms with van der Waals surface area (Å²) < 4.78 is 5.17. The van der Waals surface area contributed by atoms with Crippen LogP contribution in [-0.2, 0) is 11.2 Å². The summed E-state index contributed by atoms with van der Waals surface area (Å²) in [7, 11) is 1.63. The number of hydrogen-bond donors (Lipinski definition) is 2. The monoisotopic (exact) mass is 474 g/mol. The van der Waals surface area contributed by atoms with E-state index in [9.17, 15) is 9.59 Å². The zero-order valence-corrected chi connectivity index (χ0v) is 19.8. The molecule has 9 heteroatoms. The van der Waals surface area contributed by atoms with Crippen molar-refractivity contribution in [3.8, 4) is 5.75 Å². The zero-order valence-electron chi connectivity index (χ0n) is 19.8. The second-order valence-electron chi connectivity index (χ2n) is 8.26. The van der Waals surface area contributed by atoms with Gasteiger partial charge in [-0.15, -0.1) is 0 Å². The first-order valence-corrected chi connectivity index (χ1v) is 11.7. The molecule has 2 aromatic carbocycles. The average Bonchev–Trinajstić information content (AvgIpc) is 2.90. The minimum Gasteiger partial charge on any atom is -0.497 e. The van der Waals surface area contributed by atoms with Crippen molar-refractivity contribution in [1.82, 2.24) is 20.2 Å². The maximum absolute atomic E-state index is 12.8. The Labute approximate surface area is 205 Å². The van der Waals surface area contributed by atoms with Crippen molar-refractivity contribution in [2.24, 2.45) is 0 Å². The zero-order chi connectivity index (χ0) is 24.5. The van der Waals surface area contributed by atoms with Crippen LogP contribution in [0.4, 0.5) is 11.6 Å². The number of nitrogens with zero attached hydrogens (tertiary/aromatic N) is 4. The summed E-state index contributed by atoms with van der Waals surface area (Å²) in [5.41, 5.74) is 2.06. The SMILES string of the molecule is COc1ccc(CCNC(=O)c2ccccc2NC(=O)CN2CCN(c3ncccn3)CC2)cc1. The van der Waals surface area contributed by atoms with E-state index in [0.29, 0.717) is 30.2 Å². The van der Waals surface area contributed by atoms with E-state index in [0.717, 1.165) is 37.5 Å². The van der Waals surface area contributed by atoms with Crippen molar-refractivity contribution < 1.29 is 14.3 Å². The number of anilines is 2. The van der Waals surface area contributed by atoms with Crippen molar-refractivity contribution in [3.63, 3.8) is 0 Å². The molecule has 1 saturated heterocycles. The number of amides is 2. The van der Waals surface area contributed by atoms with Crippen LogP contribution in [0, 0.1) is 0 Å². The van der Waals surface area contributed by atoms with Crippen molar-refractivity contribution in [1.29, 1.82) is 0 Å². The number of carbonyl (C=O) groups excluding carboxylic acids is 2. The van der Waals surface area contributed by atoms with Gasteiger partial charge in [-0.05, 0) is 42.3 Å². The Bertz CT molecular complexity index is 1120. The molecule has 0 aliphatic carbocycles. The first-order chi connectivity index (χ1) is 17.1. The molecule has 0 unspecified atom stereocenters. The van der Waals surface area contributed by atoms with Gasteiger partial charge in [-0.1, -0.05) is 24.3 Å². The van der Waals surface area contributed by atoms with E-state index < -0.39 is 0 Å². The summed E-state index contributed by atoms with van der Waals surface area (Å²) in [4.78, 5) is 38.3. The lowest BCUT2D eigenvalue weighted by Crippen LogP contribution is -2.49. The van der Waals surface area contributed by atoms with Gasteiger partial charge in [0.25, 0.3) is 5.91 Å². The molecule has 182 valence electrons. The van der Waals surface area contributed by atoms with Crippen molar-refractivity contribution in [3.05, 3.63) is 78.1 Å². The van der Waals surface area contributed by atoms with Gasteiger partial charge in [0.15, 0.2) is 0 Å². The van der Waals surface area contributed by atoms with Gasteiger partial charge in [-0.2, -0.15) is 0 Å². The standard InChI is InChI=1S/C26H30N6O3/c1-35-21-9-7-20(8-10-21)11-14-27-25(34)22-5-2-3-6-23(22)30-24(33)19-31-15-17-32(18-16-31)26-28-12-4-13-29-26/h2-10,12-13H,11,14-19H2,1H3,(H,27,34)(H,30,33). The lowest BCUT2D eigenvalue weighted by molar-refractivity contribution is -0.117. The van der Waals surface area contributed by atoms with E-state index in [2.05, 4.69) is 30.4 Å². The number of para-hydroxylation sites is 1. The fourth-order valence-electron chi connectivity index (χ4n) is 3.95. The summed E-state index contributed by atoms with van der Waals surface area (Å²) in [5.74, 6) is 1.15. The second kappa shape index (κ2) is 11.9. The highest BCUT2D eigenvalue weighted by Gasteiger charge is 2.21. The second-order valence-corrected chi connectivity index (χ2v) is 8.26. The van der Waals surface area contributed by atoms with E-state index >= 15 is 0 Å². The quantitative estimate of drug-likeness (QED) is 0.491. The normalized spacial score (nSPS) is 13.8. The molecule has 2 N–H and O–H groups in total. The molecule has 1 aliphatic heterocycles. The molecular formula is C26H30N6O3. The van der Waals surface area contributed by atoms with Gasteiger partial charge in [0.1, 0.15) is 5.75 Å². The molecule has 3 aromatic rings. The minimum atomic E-state index is -0.217. The van der Waals surface area contributed by atoms with Gasteiger partial charge in [0.2, 0.25) is 11.9 Å². The van der Waals surface area contributed by atoms with Gasteiger partial charge in [-0.25, -0.2) is 9.97 Å². The molecule has 1 fully saturated rings. The summed E-state index contributed by atoms with van der Waals surface area (Å²) in [5, 5.41) is 5.85. The lowest BCUT2D eigenvalue weighted by Gasteiger charge is -2.34. The first kappa shape index (κ1) is 24.2. The highest BCUT2D eigenvalue weighted by atomic mass is 16.5. The van der Waals surface area contributed by atoms with Crippen LogP contribution < -0.4 is 20.3 Å². The Hall–Kier alpha value is -3.98. The van der Waals surface area contributed by atoms with Gasteiger partial charge in [0, 0.05) is 45.1 Å². The van der Waals surface area contributed by atoms with Crippen molar-refractivity contribution in [2.75, 3.05) is 56.6 Å². The summed E-state index contributed by atoms with van der Waals surface area (Å²) in [6.45, 7) is 3.73. The highest BCUT2D eigenvalue weighted by molar-refractivity contribution is 6.04. The molecule has 0 atom stereocenters. The van der Waals surface area contributed by atoms with Crippen molar-refractivity contribution >= 4 is 23.5 Å². The molecule has 0 radical (unpaired) electrons. The van der Waals surface area contributed by atoms with Crippen LogP contribution in [0.25, 0.3) is 0 Å². The molecule has 0 saturated carbocycles. The number of methoxy groups -OCH3 is 1. The number of rotatable bonds is 9. The number of piperazine rings is 1. The summed E-state index contributed by atoms with van der Waals surface area (Å²) in [6.07, 6.45) is 4.16. The fraction of sp³-hybridized carbons (Fsp3) is 0.308. The van der Waals surface area contributed by atoms with Gasteiger partial charge in [0.05, 0.1) is 24.9 Å². The fourth-order valence-corrected chi connectivity index (χ4v) is 3.95. The van der Waals surface area contributed by atoms with E-state index in [1.54, 1.807) is 43.8 Å². The molecule has 4 rings (SSSR count). The number of benzene rings is 2. The van der Waals surface area contributed by atoms with E-state index in [1.165, 1.54) is 0 Å². The Morgan fingerprint density at radius 2 is 1.66 bits per heavy atom. The van der Waals surface area contributed by atoms with Crippen LogP contribution >= 0.6 is 0 Å². The molecule has 0 spiro atoms. The Kier molecular flexibility index (Phi) is 8.24.